The zero-order valence-electron chi connectivity index (χ0n) is 10.9. The van der Waals surface area contributed by atoms with Gasteiger partial charge in [-0.15, -0.1) is 0 Å². The molecule has 0 atom stereocenters. The molecule has 1 saturated heterocycles. The smallest absolute Gasteiger partial charge is 0.329 e. The van der Waals surface area contributed by atoms with Crippen LogP contribution in [-0.2, 0) is 9.53 Å². The summed E-state index contributed by atoms with van der Waals surface area (Å²) in [5.41, 5.74) is 0.905. The van der Waals surface area contributed by atoms with Crippen molar-refractivity contribution >= 4 is 11.9 Å². The summed E-state index contributed by atoms with van der Waals surface area (Å²) in [5.74, 6) is -1.11. The van der Waals surface area contributed by atoms with Gasteiger partial charge in [0, 0.05) is 12.4 Å². The Morgan fingerprint density at radius 1 is 1.47 bits per heavy atom. The molecule has 0 saturated carbocycles. The van der Waals surface area contributed by atoms with Gasteiger partial charge < -0.3 is 14.7 Å². The van der Waals surface area contributed by atoms with Gasteiger partial charge in [0.25, 0.3) is 5.91 Å². The van der Waals surface area contributed by atoms with Gasteiger partial charge in [0.1, 0.15) is 12.2 Å². The third-order valence-electron chi connectivity index (χ3n) is 3.00. The molecule has 1 aromatic rings. The molecule has 6 heteroatoms. The molecule has 0 radical (unpaired) electrons. The number of carboxylic acids is 1. The van der Waals surface area contributed by atoms with Gasteiger partial charge in [0.2, 0.25) is 0 Å². The number of aryl methyl sites for hydroxylation is 1. The van der Waals surface area contributed by atoms with Gasteiger partial charge in [-0.1, -0.05) is 0 Å². The number of carbonyl (C=O) groups excluding carboxylic acids is 1. The lowest BCUT2D eigenvalue weighted by Gasteiger charge is -2.47. The Balaban J connectivity index is 1.93. The molecule has 0 aliphatic carbocycles. The van der Waals surface area contributed by atoms with Gasteiger partial charge in [0.05, 0.1) is 18.7 Å². The van der Waals surface area contributed by atoms with Crippen LogP contribution in [0, 0.1) is 6.92 Å². The number of amides is 1. The summed E-state index contributed by atoms with van der Waals surface area (Å²) in [7, 11) is 0. The second-order valence-electron chi connectivity index (χ2n) is 5.04. The quantitative estimate of drug-likeness (QED) is 0.866. The molecule has 1 N–H and O–H groups in total. The third kappa shape index (κ3) is 3.08. The van der Waals surface area contributed by atoms with E-state index in [1.54, 1.807) is 24.1 Å². The van der Waals surface area contributed by atoms with Gasteiger partial charge in [-0.25, -0.2) is 4.79 Å². The standard InChI is InChI=1S/C13H16N2O4/c1-9-3-10(5-14-4-9)12(18)15-7-13(2,8-15)19-6-11(16)17/h3-5H,6-8H2,1-2H3,(H,16,17). The van der Waals surface area contributed by atoms with Crippen molar-refractivity contribution in [3.8, 4) is 0 Å². The van der Waals surface area contributed by atoms with Gasteiger partial charge in [0.15, 0.2) is 0 Å². The van der Waals surface area contributed by atoms with Crippen molar-refractivity contribution < 1.29 is 19.4 Å². The minimum absolute atomic E-state index is 0.104. The van der Waals surface area contributed by atoms with Gasteiger partial charge in [-0.3, -0.25) is 9.78 Å². The fourth-order valence-corrected chi connectivity index (χ4v) is 2.09. The van der Waals surface area contributed by atoms with Crippen LogP contribution in [0.3, 0.4) is 0 Å². The lowest BCUT2D eigenvalue weighted by atomic mass is 9.95. The van der Waals surface area contributed by atoms with Gasteiger partial charge >= 0.3 is 5.97 Å². The number of pyridine rings is 1. The molecule has 1 aliphatic heterocycles. The van der Waals surface area contributed by atoms with Crippen LogP contribution in [-0.4, -0.2) is 52.2 Å². The molecule has 0 unspecified atom stereocenters. The summed E-state index contributed by atoms with van der Waals surface area (Å²) in [4.78, 5) is 28.2. The highest BCUT2D eigenvalue weighted by atomic mass is 16.5. The molecule has 1 fully saturated rings. The van der Waals surface area contributed by atoms with Crippen molar-refractivity contribution in [1.82, 2.24) is 9.88 Å². The van der Waals surface area contributed by atoms with Crippen LogP contribution in [0.1, 0.15) is 22.8 Å². The summed E-state index contributed by atoms with van der Waals surface area (Å²) in [6.45, 7) is 4.12. The Morgan fingerprint density at radius 2 is 2.16 bits per heavy atom. The Hall–Kier alpha value is -1.95. The van der Waals surface area contributed by atoms with E-state index in [1.165, 1.54) is 6.20 Å². The first-order valence-electron chi connectivity index (χ1n) is 5.96. The van der Waals surface area contributed by atoms with E-state index >= 15 is 0 Å². The topological polar surface area (TPSA) is 79.7 Å². The van der Waals surface area contributed by atoms with Crippen LogP contribution in [0.4, 0.5) is 0 Å². The van der Waals surface area contributed by atoms with E-state index in [4.69, 9.17) is 9.84 Å². The fourth-order valence-electron chi connectivity index (χ4n) is 2.09. The summed E-state index contributed by atoms with van der Waals surface area (Å²) < 4.78 is 5.26. The highest BCUT2D eigenvalue weighted by Crippen LogP contribution is 2.26. The highest BCUT2D eigenvalue weighted by molar-refractivity contribution is 5.94. The van der Waals surface area contributed by atoms with Crippen LogP contribution in [0.25, 0.3) is 0 Å². The molecular formula is C13H16N2O4. The normalized spacial score (nSPS) is 16.8. The molecular weight excluding hydrogens is 248 g/mol. The molecule has 0 aromatic carbocycles. The number of likely N-dealkylation sites (tertiary alicyclic amines) is 1. The predicted molar refractivity (Wildman–Crippen MR) is 66.9 cm³/mol. The molecule has 6 nitrogen and oxygen atoms in total. The van der Waals surface area contributed by atoms with Crippen LogP contribution >= 0.6 is 0 Å². The lowest BCUT2D eigenvalue weighted by Crippen LogP contribution is -2.63. The van der Waals surface area contributed by atoms with Crippen LogP contribution in [0.5, 0.6) is 0 Å². The SMILES string of the molecule is Cc1cncc(C(=O)N2CC(C)(OCC(=O)O)C2)c1. The number of carbonyl (C=O) groups is 2. The van der Waals surface area contributed by atoms with Crippen molar-refractivity contribution in [3.63, 3.8) is 0 Å². The van der Waals surface area contributed by atoms with Gasteiger partial charge in [-0.05, 0) is 25.5 Å². The molecule has 1 aliphatic rings. The van der Waals surface area contributed by atoms with E-state index in [0.29, 0.717) is 18.7 Å². The minimum Gasteiger partial charge on any atom is -0.480 e. The first kappa shape index (κ1) is 13.5. The monoisotopic (exact) mass is 264 g/mol. The largest absolute Gasteiger partial charge is 0.480 e. The summed E-state index contributed by atoms with van der Waals surface area (Å²) >= 11 is 0. The van der Waals surface area contributed by atoms with E-state index in [0.717, 1.165) is 5.56 Å². The number of aromatic nitrogens is 1. The Bertz CT molecular complexity index is 509. The number of ether oxygens (including phenoxy) is 1. The average Bonchev–Trinajstić information content (AvgIpc) is 2.32. The van der Waals surface area contributed by atoms with E-state index < -0.39 is 11.6 Å². The van der Waals surface area contributed by atoms with Crippen molar-refractivity contribution in [2.75, 3.05) is 19.7 Å². The molecule has 0 spiro atoms. The van der Waals surface area contributed by atoms with Crippen LogP contribution in [0.15, 0.2) is 18.5 Å². The van der Waals surface area contributed by atoms with E-state index in [9.17, 15) is 9.59 Å². The molecule has 1 aromatic heterocycles. The molecule has 2 rings (SSSR count). The number of aliphatic carboxylic acids is 1. The molecule has 2 heterocycles. The van der Waals surface area contributed by atoms with E-state index in [1.807, 2.05) is 6.92 Å². The second kappa shape index (κ2) is 4.97. The van der Waals surface area contributed by atoms with Crippen LogP contribution < -0.4 is 0 Å². The second-order valence-corrected chi connectivity index (χ2v) is 5.04. The van der Waals surface area contributed by atoms with Crippen molar-refractivity contribution in [2.24, 2.45) is 0 Å². The maximum absolute atomic E-state index is 12.1. The highest BCUT2D eigenvalue weighted by Gasteiger charge is 2.43. The first-order valence-corrected chi connectivity index (χ1v) is 5.96. The predicted octanol–water partition coefficient (Wildman–Crippen LogP) is 0.706. The summed E-state index contributed by atoms with van der Waals surface area (Å²) in [5, 5.41) is 8.57. The number of nitrogens with zero attached hydrogens (tertiary/aromatic N) is 2. The Morgan fingerprint density at radius 3 is 2.74 bits per heavy atom. The number of carboxylic acid groups (broad SMARTS) is 1. The number of hydrogen-bond acceptors (Lipinski definition) is 4. The fraction of sp³-hybridized carbons (Fsp3) is 0.462. The molecule has 102 valence electrons. The molecule has 0 bridgehead atoms. The van der Waals surface area contributed by atoms with Crippen molar-refractivity contribution in [3.05, 3.63) is 29.6 Å². The van der Waals surface area contributed by atoms with Crippen molar-refractivity contribution in [1.29, 1.82) is 0 Å². The average molecular weight is 264 g/mol. The third-order valence-corrected chi connectivity index (χ3v) is 3.00. The molecule has 1 amide bonds. The van der Waals surface area contributed by atoms with Gasteiger partial charge in [-0.2, -0.15) is 0 Å². The first-order chi connectivity index (χ1) is 8.89. The van der Waals surface area contributed by atoms with E-state index in [-0.39, 0.29) is 12.5 Å². The number of hydrogen-bond donors (Lipinski definition) is 1. The lowest BCUT2D eigenvalue weighted by molar-refractivity contribution is -0.159. The zero-order chi connectivity index (χ0) is 14.0. The number of rotatable bonds is 4. The minimum atomic E-state index is -1.01. The van der Waals surface area contributed by atoms with E-state index in [2.05, 4.69) is 4.98 Å². The van der Waals surface area contributed by atoms with Crippen molar-refractivity contribution in [2.45, 2.75) is 19.4 Å². The Kier molecular flexibility index (Phi) is 3.53. The summed E-state index contributed by atoms with van der Waals surface area (Å²) in [6, 6.07) is 1.78. The molecule has 19 heavy (non-hydrogen) atoms. The zero-order valence-corrected chi connectivity index (χ0v) is 10.9. The van der Waals surface area contributed by atoms with Crippen LogP contribution in [0.2, 0.25) is 0 Å². The Labute approximate surface area is 111 Å². The maximum Gasteiger partial charge on any atom is 0.329 e. The maximum atomic E-state index is 12.1. The summed E-state index contributed by atoms with van der Waals surface area (Å²) in [6.07, 6.45) is 3.22.